The Morgan fingerprint density at radius 2 is 1.63 bits per heavy atom. The van der Waals surface area contributed by atoms with E-state index in [1.165, 1.54) is 69.1 Å². The largest absolute Gasteiger partial charge is 0.341 e. The Morgan fingerprint density at radius 3 is 2.32 bits per heavy atom. The summed E-state index contributed by atoms with van der Waals surface area (Å²) in [6.45, 7) is 2.28. The first-order valence-corrected chi connectivity index (χ1v) is 8.75. The molecule has 0 aliphatic rings. The van der Waals surface area contributed by atoms with Crippen LogP contribution < -0.4 is 0 Å². The van der Waals surface area contributed by atoms with Crippen molar-refractivity contribution in [2.45, 2.75) is 71.1 Å². The summed E-state index contributed by atoms with van der Waals surface area (Å²) in [4.78, 5) is 8.00. The van der Waals surface area contributed by atoms with Crippen molar-refractivity contribution in [2.24, 2.45) is 0 Å². The van der Waals surface area contributed by atoms with Crippen LogP contribution in [0.4, 0.5) is 0 Å². The van der Waals surface area contributed by atoms with Gasteiger partial charge in [0.05, 0.1) is 11.0 Å². The minimum absolute atomic E-state index is 1.11. The molecule has 0 aromatic carbocycles. The molecular weight excluding hydrogens is 252 g/mol. The van der Waals surface area contributed by atoms with Gasteiger partial charge < -0.3 is 4.98 Å². The lowest BCUT2D eigenvalue weighted by Gasteiger charge is -2.01. The number of aromatic amines is 1. The van der Waals surface area contributed by atoms with E-state index < -0.39 is 0 Å². The van der Waals surface area contributed by atoms with Gasteiger partial charge in [-0.05, 0) is 6.42 Å². The third kappa shape index (κ3) is 4.98. The molecule has 1 N–H and O–H groups in total. The Kier molecular flexibility index (Phi) is 6.42. The van der Waals surface area contributed by atoms with Gasteiger partial charge in [-0.15, -0.1) is 11.3 Å². The summed E-state index contributed by atoms with van der Waals surface area (Å²) in [5.74, 6) is 1.17. The molecule has 0 saturated carbocycles. The third-order valence-corrected chi connectivity index (χ3v) is 4.42. The number of hydrogen-bond donors (Lipinski definition) is 1. The zero-order valence-corrected chi connectivity index (χ0v) is 12.9. The summed E-state index contributed by atoms with van der Waals surface area (Å²) >= 11 is 1.72. The van der Waals surface area contributed by atoms with Crippen LogP contribution in [0.25, 0.3) is 11.0 Å². The molecule has 106 valence electrons. The fourth-order valence-corrected chi connectivity index (χ4v) is 3.21. The lowest BCUT2D eigenvalue weighted by molar-refractivity contribution is 0.562. The first-order chi connectivity index (χ1) is 9.40. The molecule has 0 saturated heterocycles. The summed E-state index contributed by atoms with van der Waals surface area (Å²) in [5.41, 5.74) is 2.34. The number of rotatable bonds is 10. The van der Waals surface area contributed by atoms with Crippen LogP contribution in [0.5, 0.6) is 0 Å². The van der Waals surface area contributed by atoms with Crippen LogP contribution >= 0.6 is 11.3 Å². The summed E-state index contributed by atoms with van der Waals surface area (Å²) in [7, 11) is 0. The minimum atomic E-state index is 1.11. The van der Waals surface area contributed by atoms with E-state index in [0.29, 0.717) is 0 Å². The number of hydrogen-bond acceptors (Lipinski definition) is 2. The number of fused-ring (bicyclic) bond motifs is 1. The third-order valence-electron chi connectivity index (χ3n) is 3.69. The molecule has 2 aromatic rings. The molecule has 2 rings (SSSR count). The molecule has 0 atom stereocenters. The van der Waals surface area contributed by atoms with Gasteiger partial charge in [-0.25, -0.2) is 4.98 Å². The van der Waals surface area contributed by atoms with E-state index >= 15 is 0 Å². The summed E-state index contributed by atoms with van der Waals surface area (Å²) in [6.07, 6.45) is 13.6. The molecule has 2 nitrogen and oxygen atoms in total. The molecule has 2 heterocycles. The summed E-state index contributed by atoms with van der Waals surface area (Å²) in [6, 6.07) is 0. The first kappa shape index (κ1) is 14.6. The van der Waals surface area contributed by atoms with Gasteiger partial charge in [-0.3, -0.25) is 0 Å². The van der Waals surface area contributed by atoms with E-state index in [4.69, 9.17) is 0 Å². The Hall–Kier alpha value is -0.830. The molecular formula is C16H26N2S. The Balaban J connectivity index is 1.49. The van der Waals surface area contributed by atoms with Gasteiger partial charge in [-0.1, -0.05) is 58.3 Å². The molecule has 0 fully saturated rings. The molecule has 0 spiro atoms. The van der Waals surface area contributed by atoms with Gasteiger partial charge in [0, 0.05) is 17.2 Å². The lowest BCUT2D eigenvalue weighted by Crippen LogP contribution is -1.89. The second-order valence-corrected chi connectivity index (χ2v) is 6.18. The van der Waals surface area contributed by atoms with Gasteiger partial charge in [-0.2, -0.15) is 0 Å². The van der Waals surface area contributed by atoms with Crippen molar-refractivity contribution in [3.8, 4) is 0 Å². The number of unbranched alkanes of at least 4 members (excludes halogenated alkanes) is 8. The zero-order chi connectivity index (χ0) is 13.3. The van der Waals surface area contributed by atoms with Gasteiger partial charge >= 0.3 is 0 Å². The average Bonchev–Trinajstić information content (AvgIpc) is 2.97. The quantitative estimate of drug-likeness (QED) is 0.555. The van der Waals surface area contributed by atoms with E-state index in [0.717, 1.165) is 11.9 Å². The molecule has 3 heteroatoms. The summed E-state index contributed by atoms with van der Waals surface area (Å²) in [5, 5.41) is 4.26. The number of thiophene rings is 1. The lowest BCUT2D eigenvalue weighted by atomic mass is 10.1. The van der Waals surface area contributed by atoms with Crippen LogP contribution in [-0.2, 0) is 6.42 Å². The van der Waals surface area contributed by atoms with Crippen molar-refractivity contribution >= 4 is 22.4 Å². The smallest absolute Gasteiger partial charge is 0.107 e. The fourth-order valence-electron chi connectivity index (χ4n) is 2.52. The molecule has 0 aliphatic carbocycles. The maximum atomic E-state index is 4.60. The van der Waals surface area contributed by atoms with E-state index in [1.807, 2.05) is 0 Å². The Bertz CT molecular complexity index is 429. The van der Waals surface area contributed by atoms with Crippen LogP contribution in [0.1, 0.15) is 70.5 Å². The number of aryl methyl sites for hydroxylation is 1. The SMILES string of the molecule is CCCCCCCCCCCc1nc2cscc2[nH]1. The number of nitrogens with one attached hydrogen (secondary N) is 1. The van der Waals surface area contributed by atoms with Crippen LogP contribution in [0.2, 0.25) is 0 Å². The predicted molar refractivity (Wildman–Crippen MR) is 84.9 cm³/mol. The van der Waals surface area contributed by atoms with Crippen LogP contribution in [0.15, 0.2) is 10.8 Å². The van der Waals surface area contributed by atoms with Crippen LogP contribution in [-0.4, -0.2) is 9.97 Å². The van der Waals surface area contributed by atoms with Gasteiger partial charge in [0.1, 0.15) is 5.82 Å². The van der Waals surface area contributed by atoms with Crippen LogP contribution in [0.3, 0.4) is 0 Å². The van der Waals surface area contributed by atoms with Crippen LogP contribution in [0, 0.1) is 0 Å². The molecule has 0 amide bonds. The molecule has 19 heavy (non-hydrogen) atoms. The Labute approximate surface area is 120 Å². The monoisotopic (exact) mass is 278 g/mol. The second-order valence-electron chi connectivity index (χ2n) is 5.43. The van der Waals surface area contributed by atoms with E-state index in [2.05, 4.69) is 27.7 Å². The minimum Gasteiger partial charge on any atom is -0.341 e. The number of H-pyrrole nitrogens is 1. The number of aromatic nitrogens is 2. The first-order valence-electron chi connectivity index (χ1n) is 7.81. The molecule has 2 aromatic heterocycles. The standard InChI is InChI=1S/C16H26N2S/c1-2-3-4-5-6-7-8-9-10-11-16-17-14-12-19-13-15(14)18-16/h12-13H,2-11H2,1H3,(H,17,18). The molecule has 0 unspecified atom stereocenters. The van der Waals surface area contributed by atoms with Crippen molar-refractivity contribution in [1.82, 2.24) is 9.97 Å². The average molecular weight is 278 g/mol. The molecule has 0 bridgehead atoms. The summed E-state index contributed by atoms with van der Waals surface area (Å²) < 4.78 is 0. The number of nitrogens with zero attached hydrogens (tertiary/aromatic N) is 1. The maximum Gasteiger partial charge on any atom is 0.107 e. The van der Waals surface area contributed by atoms with Gasteiger partial charge in [0.25, 0.3) is 0 Å². The zero-order valence-electron chi connectivity index (χ0n) is 12.1. The fraction of sp³-hybridized carbons (Fsp3) is 0.688. The highest BCUT2D eigenvalue weighted by atomic mass is 32.1. The van der Waals surface area contributed by atoms with Crippen molar-refractivity contribution in [3.63, 3.8) is 0 Å². The van der Waals surface area contributed by atoms with E-state index in [1.54, 1.807) is 11.3 Å². The van der Waals surface area contributed by atoms with E-state index in [-0.39, 0.29) is 0 Å². The second kappa shape index (κ2) is 8.36. The highest BCUT2D eigenvalue weighted by Gasteiger charge is 2.02. The van der Waals surface area contributed by atoms with Crippen molar-refractivity contribution in [3.05, 3.63) is 16.6 Å². The van der Waals surface area contributed by atoms with Crippen molar-refractivity contribution in [2.75, 3.05) is 0 Å². The van der Waals surface area contributed by atoms with Gasteiger partial charge in [0.2, 0.25) is 0 Å². The van der Waals surface area contributed by atoms with Gasteiger partial charge in [0.15, 0.2) is 0 Å². The van der Waals surface area contributed by atoms with Crippen molar-refractivity contribution in [1.29, 1.82) is 0 Å². The number of imidazole rings is 1. The maximum absolute atomic E-state index is 4.60. The molecule has 0 radical (unpaired) electrons. The predicted octanol–water partition coefficient (Wildman–Crippen LogP) is 5.70. The topological polar surface area (TPSA) is 28.7 Å². The van der Waals surface area contributed by atoms with Crippen molar-refractivity contribution < 1.29 is 0 Å². The molecule has 0 aliphatic heterocycles. The van der Waals surface area contributed by atoms with E-state index in [9.17, 15) is 0 Å². The Morgan fingerprint density at radius 1 is 0.947 bits per heavy atom. The normalized spacial score (nSPS) is 11.4. The highest BCUT2D eigenvalue weighted by molar-refractivity contribution is 7.09. The highest BCUT2D eigenvalue weighted by Crippen LogP contribution is 2.17.